The van der Waals surface area contributed by atoms with Crippen LogP contribution in [0.1, 0.15) is 44.9 Å². The fourth-order valence-corrected chi connectivity index (χ4v) is 3.90. The highest BCUT2D eigenvalue weighted by Crippen LogP contribution is 2.34. The minimum absolute atomic E-state index is 0.0482. The second-order valence-corrected chi connectivity index (χ2v) is 8.95. The number of hydrogen-bond acceptors (Lipinski definition) is 11. The third-order valence-electron chi connectivity index (χ3n) is 5.94. The number of primary amides is 1. The molecule has 0 spiro atoms. The van der Waals surface area contributed by atoms with Crippen molar-refractivity contribution in [3.05, 3.63) is 119 Å². The smallest absolute Gasteiger partial charge is 0.337 e. The summed E-state index contributed by atoms with van der Waals surface area (Å²) < 4.78 is 4.71. The monoisotopic (exact) mass is 583 g/mol. The highest BCUT2D eigenvalue weighted by atomic mass is 16.5. The van der Waals surface area contributed by atoms with Gasteiger partial charge in [0.05, 0.1) is 35.1 Å². The summed E-state index contributed by atoms with van der Waals surface area (Å²) in [7, 11) is 1.26. The molecular formula is C31H29N5O7. The van der Waals surface area contributed by atoms with Crippen molar-refractivity contribution in [2.45, 2.75) is 19.4 Å². The molecule has 0 saturated carbocycles. The van der Waals surface area contributed by atoms with Gasteiger partial charge in [0.2, 0.25) is 5.91 Å². The van der Waals surface area contributed by atoms with Gasteiger partial charge in [0, 0.05) is 12.0 Å². The van der Waals surface area contributed by atoms with Gasteiger partial charge in [-0.25, -0.2) is 19.7 Å². The third kappa shape index (κ3) is 8.07. The second kappa shape index (κ2) is 14.6. The minimum Gasteiger partial charge on any atom is -0.512 e. The summed E-state index contributed by atoms with van der Waals surface area (Å²) in [6, 6.07) is 8.68. The van der Waals surface area contributed by atoms with E-state index in [2.05, 4.69) is 33.3 Å². The number of esters is 1. The lowest BCUT2D eigenvalue weighted by atomic mass is 10.0. The molecule has 5 N–H and O–H groups in total. The van der Waals surface area contributed by atoms with Crippen molar-refractivity contribution in [2.75, 3.05) is 7.11 Å². The standard InChI is InChI=1S/C25H21N5O6.C6H8O/c1-4-5-17(13(2)31)23-28-22(15-6-8-16(9-7-15)25(34)36-3)29-24(30-23)20-18(21(26)33)10-14(12-27-35)11-19(20)32;7-6-4-2-1-3-5-6/h4-11,31-32H,1-2,12H2,3H3,(H2,26,33);1-2,4,7H,3,5H2/b17-5+;. The fourth-order valence-electron chi connectivity index (χ4n) is 3.90. The van der Waals surface area contributed by atoms with Gasteiger partial charge in [-0.2, -0.15) is 4.91 Å². The number of rotatable bonds is 9. The van der Waals surface area contributed by atoms with Gasteiger partial charge in [0.15, 0.2) is 17.5 Å². The van der Waals surface area contributed by atoms with Crippen LogP contribution in [0.3, 0.4) is 0 Å². The first-order valence-corrected chi connectivity index (χ1v) is 12.8. The predicted octanol–water partition coefficient (Wildman–Crippen LogP) is 5.48. The number of ether oxygens (including phenoxy) is 1. The molecule has 3 aromatic rings. The molecule has 4 rings (SSSR count). The van der Waals surface area contributed by atoms with Crippen molar-refractivity contribution in [1.29, 1.82) is 0 Å². The third-order valence-corrected chi connectivity index (χ3v) is 5.94. The number of carbonyl (C=O) groups is 2. The normalized spacial score (nSPS) is 12.3. The van der Waals surface area contributed by atoms with E-state index in [-0.39, 0.29) is 52.0 Å². The van der Waals surface area contributed by atoms with E-state index in [0.717, 1.165) is 12.8 Å². The Morgan fingerprint density at radius 1 is 1.12 bits per heavy atom. The number of aliphatic hydroxyl groups excluding tert-OH is 2. The lowest BCUT2D eigenvalue weighted by Gasteiger charge is -2.13. The number of hydrogen-bond donors (Lipinski definition) is 4. The molecule has 2 aromatic carbocycles. The number of carbonyl (C=O) groups excluding carboxylic acids is 2. The van der Waals surface area contributed by atoms with Crippen LogP contribution in [0.4, 0.5) is 0 Å². The van der Waals surface area contributed by atoms with Crippen molar-refractivity contribution in [1.82, 2.24) is 15.0 Å². The molecule has 0 saturated heterocycles. The van der Waals surface area contributed by atoms with Gasteiger partial charge in [0.1, 0.15) is 18.1 Å². The Kier molecular flexibility index (Phi) is 10.8. The Morgan fingerprint density at radius 2 is 1.81 bits per heavy atom. The van der Waals surface area contributed by atoms with Crippen molar-refractivity contribution in [2.24, 2.45) is 10.9 Å². The fraction of sp³-hybridized carbons (Fsp3) is 0.129. The molecule has 1 heterocycles. The molecule has 0 radical (unpaired) electrons. The number of amides is 1. The molecule has 1 aliphatic carbocycles. The molecule has 0 bridgehead atoms. The van der Waals surface area contributed by atoms with E-state index < -0.39 is 17.6 Å². The van der Waals surface area contributed by atoms with Gasteiger partial charge in [-0.1, -0.05) is 48.7 Å². The van der Waals surface area contributed by atoms with Crippen LogP contribution >= 0.6 is 0 Å². The van der Waals surface area contributed by atoms with Crippen molar-refractivity contribution in [3.63, 3.8) is 0 Å². The lowest BCUT2D eigenvalue weighted by molar-refractivity contribution is 0.0600. The molecule has 1 aliphatic rings. The highest BCUT2D eigenvalue weighted by Gasteiger charge is 2.22. The topological polar surface area (TPSA) is 198 Å². The zero-order chi connectivity index (χ0) is 31.5. The van der Waals surface area contributed by atoms with Crippen LogP contribution < -0.4 is 5.73 Å². The number of phenolic OH excluding ortho intramolecular Hbond substituents is 1. The van der Waals surface area contributed by atoms with E-state index in [1.165, 1.54) is 43.5 Å². The molecule has 43 heavy (non-hydrogen) atoms. The van der Waals surface area contributed by atoms with Crippen LogP contribution in [0.2, 0.25) is 0 Å². The first-order chi connectivity index (χ1) is 20.6. The van der Waals surface area contributed by atoms with E-state index in [9.17, 15) is 24.7 Å². The van der Waals surface area contributed by atoms with Gasteiger partial charge in [0.25, 0.3) is 0 Å². The highest BCUT2D eigenvalue weighted by molar-refractivity contribution is 6.01. The number of phenols is 1. The van der Waals surface area contributed by atoms with Crippen molar-refractivity contribution >= 4 is 17.4 Å². The summed E-state index contributed by atoms with van der Waals surface area (Å²) >= 11 is 0. The van der Waals surface area contributed by atoms with Gasteiger partial charge in [-0.05, 0) is 48.4 Å². The molecule has 0 aliphatic heterocycles. The summed E-state index contributed by atoms with van der Waals surface area (Å²) in [5.74, 6) is -1.86. The minimum atomic E-state index is -0.910. The number of nitroso groups, excluding NO2 is 1. The number of benzene rings is 2. The molecule has 0 atom stereocenters. The van der Waals surface area contributed by atoms with Gasteiger partial charge >= 0.3 is 5.97 Å². The molecule has 0 fully saturated rings. The number of allylic oxidation sites excluding steroid dienone is 7. The molecule has 0 unspecified atom stereocenters. The largest absolute Gasteiger partial charge is 0.512 e. The average Bonchev–Trinajstić information content (AvgIpc) is 2.99. The molecule has 12 nitrogen and oxygen atoms in total. The van der Waals surface area contributed by atoms with Crippen molar-refractivity contribution < 1.29 is 29.6 Å². The lowest BCUT2D eigenvalue weighted by Crippen LogP contribution is -2.14. The Morgan fingerprint density at radius 3 is 2.33 bits per heavy atom. The molecular weight excluding hydrogens is 554 g/mol. The van der Waals surface area contributed by atoms with Crippen LogP contribution in [-0.4, -0.2) is 49.3 Å². The van der Waals surface area contributed by atoms with E-state index in [1.807, 2.05) is 12.2 Å². The molecule has 220 valence electrons. The first-order valence-electron chi connectivity index (χ1n) is 12.8. The predicted molar refractivity (Wildman–Crippen MR) is 161 cm³/mol. The average molecular weight is 584 g/mol. The number of aromatic nitrogens is 3. The Hall–Kier alpha value is -5.91. The summed E-state index contributed by atoms with van der Waals surface area (Å²) in [5.41, 5.74) is 6.35. The molecule has 12 heteroatoms. The summed E-state index contributed by atoms with van der Waals surface area (Å²) in [5, 5.41) is 32.3. The number of methoxy groups -OCH3 is 1. The van der Waals surface area contributed by atoms with Crippen LogP contribution in [0.25, 0.3) is 28.3 Å². The quantitative estimate of drug-likeness (QED) is 0.108. The molecule has 1 amide bonds. The Bertz CT molecular complexity index is 1660. The van der Waals surface area contributed by atoms with Crippen LogP contribution in [0.15, 0.2) is 96.6 Å². The zero-order valence-electron chi connectivity index (χ0n) is 23.2. The number of nitrogens with zero attached hydrogens (tertiary/aromatic N) is 4. The van der Waals surface area contributed by atoms with Crippen LogP contribution in [0.5, 0.6) is 5.75 Å². The van der Waals surface area contributed by atoms with Crippen LogP contribution in [0, 0.1) is 4.91 Å². The first kappa shape index (κ1) is 31.6. The Balaban J connectivity index is 0.000000633. The van der Waals surface area contributed by atoms with Gasteiger partial charge in [-0.15, -0.1) is 0 Å². The van der Waals surface area contributed by atoms with Crippen LogP contribution in [-0.2, 0) is 11.3 Å². The van der Waals surface area contributed by atoms with Gasteiger partial charge < -0.3 is 25.8 Å². The summed E-state index contributed by atoms with van der Waals surface area (Å²) in [6.07, 6.45) is 10.2. The number of aliphatic hydroxyl groups is 2. The zero-order valence-corrected chi connectivity index (χ0v) is 23.2. The SMILES string of the molecule is C=C/C=C(\C(=C)O)c1nc(-c2ccc(C(=O)OC)cc2)nc(-c2c(O)cc(CN=O)cc2C(N)=O)n1.OC1=CC=CCC1. The maximum atomic E-state index is 12.2. The maximum Gasteiger partial charge on any atom is 0.337 e. The summed E-state index contributed by atoms with van der Waals surface area (Å²) in [6.45, 7) is 6.82. The maximum absolute atomic E-state index is 12.2. The number of nitrogens with two attached hydrogens (primary N) is 1. The molecule has 1 aromatic heterocycles. The Labute approximate surface area is 246 Å². The second-order valence-electron chi connectivity index (χ2n) is 8.95. The van der Waals surface area contributed by atoms with E-state index >= 15 is 0 Å². The van der Waals surface area contributed by atoms with E-state index in [0.29, 0.717) is 16.9 Å². The van der Waals surface area contributed by atoms with Gasteiger partial charge in [-0.3, -0.25) is 4.79 Å². The number of aromatic hydroxyl groups is 1. The van der Waals surface area contributed by atoms with Crippen molar-refractivity contribution in [3.8, 4) is 28.5 Å². The van der Waals surface area contributed by atoms with E-state index in [1.54, 1.807) is 18.2 Å². The summed E-state index contributed by atoms with van der Waals surface area (Å²) in [4.78, 5) is 47.8. The van der Waals surface area contributed by atoms with E-state index in [4.69, 9.17) is 15.6 Å².